The lowest BCUT2D eigenvalue weighted by molar-refractivity contribution is -0.170. The summed E-state index contributed by atoms with van der Waals surface area (Å²) in [6.45, 7) is -1.85. The Bertz CT molecular complexity index is 1530. The molecule has 0 saturated heterocycles. The molecule has 0 radical (unpaired) electrons. The fourth-order valence-electron chi connectivity index (χ4n) is 5.70. The number of benzene rings is 2. The molecular formula is C31H37F5N4O7. The van der Waals surface area contributed by atoms with Crippen molar-refractivity contribution in [2.45, 2.75) is 56.0 Å². The van der Waals surface area contributed by atoms with Crippen molar-refractivity contribution in [3.05, 3.63) is 64.9 Å². The number of aliphatic hydroxyl groups is 3. The molecular weight excluding hydrogens is 635 g/mol. The second kappa shape index (κ2) is 15.4. The van der Waals surface area contributed by atoms with Crippen LogP contribution in [0.2, 0.25) is 0 Å². The summed E-state index contributed by atoms with van der Waals surface area (Å²) in [5.74, 6) is -9.08. The highest BCUT2D eigenvalue weighted by Crippen LogP contribution is 2.43. The van der Waals surface area contributed by atoms with E-state index in [4.69, 9.17) is 9.84 Å². The molecule has 11 nitrogen and oxygen atoms in total. The number of aliphatic hydroxyl groups excluding tert-OH is 3. The van der Waals surface area contributed by atoms with Gasteiger partial charge in [0, 0.05) is 40.4 Å². The van der Waals surface area contributed by atoms with E-state index in [1.165, 1.54) is 4.90 Å². The van der Waals surface area contributed by atoms with Crippen LogP contribution in [0.5, 0.6) is 0 Å². The molecule has 2 heterocycles. The van der Waals surface area contributed by atoms with Crippen LogP contribution in [0.15, 0.2) is 36.4 Å². The summed E-state index contributed by atoms with van der Waals surface area (Å²) in [4.78, 5) is 27.4. The van der Waals surface area contributed by atoms with Gasteiger partial charge < -0.3 is 40.8 Å². The molecule has 16 heteroatoms. The maximum atomic E-state index is 16.0. The van der Waals surface area contributed by atoms with Crippen LogP contribution >= 0.6 is 0 Å². The molecule has 258 valence electrons. The number of carboxylic acid groups (broad SMARTS) is 1. The number of esters is 1. The fraction of sp³-hybridized carbons (Fsp3) is 0.484. The molecule has 4 rings (SSSR count). The Labute approximate surface area is 266 Å². The number of para-hydroxylation sites is 1. The van der Waals surface area contributed by atoms with Gasteiger partial charge in [0.2, 0.25) is 0 Å². The normalized spacial score (nSPS) is 18.8. The van der Waals surface area contributed by atoms with Gasteiger partial charge in [0.1, 0.15) is 24.8 Å². The number of aromatic amines is 1. The predicted octanol–water partition coefficient (Wildman–Crippen LogP) is 2.49. The number of anilines is 1. The Morgan fingerprint density at radius 1 is 1.15 bits per heavy atom. The van der Waals surface area contributed by atoms with Crippen molar-refractivity contribution in [2.24, 2.45) is 0 Å². The Kier molecular flexibility index (Phi) is 11.8. The standard InChI is InChI=1S/C31H37F5N4O7/c1-16-9-20-19-5-2-3-6-23(19)39-25(20)26(40(16)14-31(35,36)15-41)24-21(33)10-17(11-22(24)34)38-18(12-37-8-4-7-32)13-47-30(46)28(43)27(42)29(44)45/h2-3,5-6,10-11,16,18,26-28,37-39,41-43H,4,7-9,12-15H2,1H3,(H,44,45)/t16-,18-,26-,27-,28-/m1/s1. The number of carboxylic acids is 1. The number of hydrogen-bond donors (Lipinski definition) is 7. The summed E-state index contributed by atoms with van der Waals surface area (Å²) < 4.78 is 78.7. The van der Waals surface area contributed by atoms with Gasteiger partial charge in [-0.1, -0.05) is 18.2 Å². The number of nitrogens with one attached hydrogen (secondary N) is 3. The largest absolute Gasteiger partial charge is 0.479 e. The van der Waals surface area contributed by atoms with Gasteiger partial charge in [-0.2, -0.15) is 0 Å². The van der Waals surface area contributed by atoms with Crippen LogP contribution in [0.25, 0.3) is 10.9 Å². The summed E-state index contributed by atoms with van der Waals surface area (Å²) in [5.41, 5.74) is 1.05. The van der Waals surface area contributed by atoms with Gasteiger partial charge in [0.15, 0.2) is 12.2 Å². The van der Waals surface area contributed by atoms with Crippen LogP contribution in [0.3, 0.4) is 0 Å². The summed E-state index contributed by atoms with van der Waals surface area (Å²) in [5, 5.41) is 43.7. The van der Waals surface area contributed by atoms with E-state index in [9.17, 15) is 38.1 Å². The minimum Gasteiger partial charge on any atom is -0.479 e. The number of hydrogen-bond acceptors (Lipinski definition) is 9. The first-order valence-electron chi connectivity index (χ1n) is 14.9. The molecule has 1 aromatic heterocycles. The van der Waals surface area contributed by atoms with Crippen molar-refractivity contribution in [1.29, 1.82) is 0 Å². The number of carbonyl (C=O) groups is 2. The molecule has 0 amide bonds. The third-order valence-corrected chi connectivity index (χ3v) is 7.98. The first-order chi connectivity index (χ1) is 22.3. The van der Waals surface area contributed by atoms with Crippen molar-refractivity contribution in [2.75, 3.05) is 44.8 Å². The lowest BCUT2D eigenvalue weighted by Crippen LogP contribution is -2.49. The van der Waals surface area contributed by atoms with E-state index in [1.807, 2.05) is 6.07 Å². The quantitative estimate of drug-likeness (QED) is 0.0683. The van der Waals surface area contributed by atoms with Gasteiger partial charge in [-0.15, -0.1) is 0 Å². The number of aromatic nitrogens is 1. The van der Waals surface area contributed by atoms with Crippen LogP contribution in [0.4, 0.5) is 27.6 Å². The maximum absolute atomic E-state index is 16.0. The number of nitrogens with zero attached hydrogens (tertiary/aromatic N) is 1. The molecule has 1 aliphatic rings. The Morgan fingerprint density at radius 3 is 2.47 bits per heavy atom. The molecule has 0 bridgehead atoms. The zero-order valence-electron chi connectivity index (χ0n) is 25.4. The zero-order valence-corrected chi connectivity index (χ0v) is 25.4. The third kappa shape index (κ3) is 8.37. The molecule has 3 aromatic rings. The number of aliphatic carboxylic acids is 1. The minimum atomic E-state index is -3.57. The summed E-state index contributed by atoms with van der Waals surface area (Å²) in [6, 6.07) is 6.12. The zero-order chi connectivity index (χ0) is 34.5. The summed E-state index contributed by atoms with van der Waals surface area (Å²) in [7, 11) is 0. The van der Waals surface area contributed by atoms with Crippen LogP contribution in [0, 0.1) is 11.6 Å². The van der Waals surface area contributed by atoms with Gasteiger partial charge in [0.05, 0.1) is 25.3 Å². The van der Waals surface area contributed by atoms with Crippen molar-refractivity contribution in [3.63, 3.8) is 0 Å². The first-order valence-corrected chi connectivity index (χ1v) is 14.9. The number of alkyl halides is 3. The van der Waals surface area contributed by atoms with E-state index < -0.39 is 91.8 Å². The van der Waals surface area contributed by atoms with Crippen LogP contribution < -0.4 is 10.6 Å². The minimum absolute atomic E-state index is 0.0432. The van der Waals surface area contributed by atoms with Crippen molar-refractivity contribution in [3.8, 4) is 0 Å². The highest BCUT2D eigenvalue weighted by atomic mass is 19.3. The van der Waals surface area contributed by atoms with Crippen molar-refractivity contribution < 1.29 is 56.7 Å². The monoisotopic (exact) mass is 672 g/mol. The lowest BCUT2D eigenvalue weighted by atomic mass is 9.87. The van der Waals surface area contributed by atoms with E-state index in [2.05, 4.69) is 15.6 Å². The molecule has 0 spiro atoms. The van der Waals surface area contributed by atoms with Gasteiger partial charge in [-0.3, -0.25) is 9.29 Å². The topological polar surface area (TPSA) is 167 Å². The van der Waals surface area contributed by atoms with E-state index >= 15 is 8.78 Å². The summed E-state index contributed by atoms with van der Waals surface area (Å²) >= 11 is 0. The molecule has 0 aliphatic carbocycles. The van der Waals surface area contributed by atoms with E-state index in [0.29, 0.717) is 17.6 Å². The van der Waals surface area contributed by atoms with E-state index in [-0.39, 0.29) is 25.2 Å². The molecule has 7 N–H and O–H groups in total. The Hall–Kier alpha value is -3.83. The average Bonchev–Trinajstić information content (AvgIpc) is 3.39. The lowest BCUT2D eigenvalue weighted by Gasteiger charge is -2.42. The molecule has 0 fully saturated rings. The number of halogens is 5. The van der Waals surface area contributed by atoms with Gasteiger partial charge in [-0.05, 0) is 50.1 Å². The van der Waals surface area contributed by atoms with E-state index in [1.54, 1.807) is 25.1 Å². The van der Waals surface area contributed by atoms with Gasteiger partial charge in [-0.25, -0.2) is 27.2 Å². The molecule has 0 unspecified atom stereocenters. The predicted molar refractivity (Wildman–Crippen MR) is 160 cm³/mol. The van der Waals surface area contributed by atoms with Crippen molar-refractivity contribution >= 4 is 28.5 Å². The van der Waals surface area contributed by atoms with Gasteiger partial charge >= 0.3 is 11.9 Å². The smallest absolute Gasteiger partial charge is 0.338 e. The number of rotatable bonds is 16. The highest BCUT2D eigenvalue weighted by Gasteiger charge is 2.43. The third-order valence-electron chi connectivity index (χ3n) is 7.98. The van der Waals surface area contributed by atoms with Crippen LogP contribution in [0.1, 0.15) is 36.2 Å². The highest BCUT2D eigenvalue weighted by molar-refractivity contribution is 5.85. The Morgan fingerprint density at radius 2 is 1.83 bits per heavy atom. The molecule has 0 saturated carbocycles. The van der Waals surface area contributed by atoms with Gasteiger partial charge in [0.25, 0.3) is 5.92 Å². The summed E-state index contributed by atoms with van der Waals surface area (Å²) in [6.07, 6.45) is -4.43. The molecule has 2 aromatic carbocycles. The van der Waals surface area contributed by atoms with Crippen molar-refractivity contribution in [1.82, 2.24) is 15.2 Å². The first kappa shape index (κ1) is 36.0. The number of carbonyl (C=O) groups excluding carboxylic acids is 1. The SMILES string of the molecule is C[C@@H]1Cc2c([nH]c3ccccc23)[C@@H](c2c(F)cc(N[C@H](CNCCCF)COC(=O)[C@H](O)[C@@H](O)C(=O)O)cc2F)N1CC(F)(F)CO. The number of H-pyrrole nitrogens is 1. The number of fused-ring (bicyclic) bond motifs is 3. The Balaban J connectivity index is 1.66. The molecule has 47 heavy (non-hydrogen) atoms. The van der Waals surface area contributed by atoms with E-state index in [0.717, 1.165) is 23.1 Å². The van der Waals surface area contributed by atoms with Crippen LogP contribution in [-0.2, 0) is 20.7 Å². The molecule has 1 aliphatic heterocycles. The van der Waals surface area contributed by atoms with Crippen LogP contribution in [-0.4, -0.2) is 112 Å². The second-order valence-electron chi connectivity index (χ2n) is 11.5. The molecule has 5 atom stereocenters. The second-order valence-corrected chi connectivity index (χ2v) is 11.5. The maximum Gasteiger partial charge on any atom is 0.338 e. The average molecular weight is 673 g/mol. The fourth-order valence-corrected chi connectivity index (χ4v) is 5.70. The number of ether oxygens (including phenoxy) is 1.